The van der Waals surface area contributed by atoms with Gasteiger partial charge in [0.25, 0.3) is 5.91 Å². The van der Waals surface area contributed by atoms with Crippen LogP contribution in [0.5, 0.6) is 0 Å². The molecule has 1 aliphatic carbocycles. The normalized spacial score (nSPS) is 22.2. The minimum atomic E-state index is -1.43. The molecule has 3 heterocycles. The van der Waals surface area contributed by atoms with Gasteiger partial charge in [-0.05, 0) is 36.5 Å². The third-order valence-electron chi connectivity index (χ3n) is 7.09. The largest absolute Gasteiger partial charge is 0.472 e. The number of aromatic nitrogens is 2. The molecular weight excluding hydrogens is 463 g/mol. The molecule has 9 nitrogen and oxygen atoms in total. The Morgan fingerprint density at radius 3 is 2.64 bits per heavy atom. The van der Waals surface area contributed by atoms with Gasteiger partial charge in [0.05, 0.1) is 25.0 Å². The summed E-state index contributed by atoms with van der Waals surface area (Å²) in [5.74, 6) is -1.09. The van der Waals surface area contributed by atoms with Gasteiger partial charge in [0, 0.05) is 37.3 Å². The number of rotatable bonds is 8. The van der Waals surface area contributed by atoms with E-state index in [2.05, 4.69) is 16.5 Å². The molecule has 1 aliphatic heterocycles. The number of likely N-dealkylation sites (tertiary alicyclic amines) is 1. The number of nitrogens with two attached hydrogens (primary N) is 1. The maximum absolute atomic E-state index is 15.9. The lowest BCUT2D eigenvalue weighted by Crippen LogP contribution is -2.54. The van der Waals surface area contributed by atoms with Crippen molar-refractivity contribution in [3.8, 4) is 17.2 Å². The average Bonchev–Trinajstić information content (AvgIpc) is 3.40. The van der Waals surface area contributed by atoms with Crippen molar-refractivity contribution in [1.82, 2.24) is 14.7 Å². The summed E-state index contributed by atoms with van der Waals surface area (Å²) in [5.41, 5.74) is 7.33. The fourth-order valence-electron chi connectivity index (χ4n) is 4.74. The highest BCUT2D eigenvalue weighted by molar-refractivity contribution is 6.02. The van der Waals surface area contributed by atoms with Gasteiger partial charge < -0.3 is 15.5 Å². The second-order valence-electron chi connectivity index (χ2n) is 9.56. The predicted molar refractivity (Wildman–Crippen MR) is 129 cm³/mol. The molecular formula is C26H27FN6O3. The number of piperidine rings is 1. The molecule has 1 saturated heterocycles. The first-order chi connectivity index (χ1) is 17.4. The van der Waals surface area contributed by atoms with Gasteiger partial charge in [0.2, 0.25) is 5.91 Å². The van der Waals surface area contributed by atoms with E-state index in [1.807, 2.05) is 35.2 Å². The molecule has 2 unspecified atom stereocenters. The van der Waals surface area contributed by atoms with Crippen LogP contribution in [-0.4, -0.2) is 45.8 Å². The number of primary amides is 1. The third kappa shape index (κ3) is 4.62. The summed E-state index contributed by atoms with van der Waals surface area (Å²) in [6.07, 6.45) is 4.99. The molecule has 0 radical (unpaired) electrons. The smallest absolute Gasteiger partial charge is 0.254 e. The zero-order valence-electron chi connectivity index (χ0n) is 19.7. The number of anilines is 1. The Morgan fingerprint density at radius 2 is 2.03 bits per heavy atom. The number of benzene rings is 1. The quantitative estimate of drug-likeness (QED) is 0.497. The standard InChI is InChI=1S/C26H27FN6O3/c27-22-15-32(13-17-1-3-18(4-2-17)20-7-12-36-16-20)11-9-26(22,8-10-28)33-14-21(23(29)34)24(31-33)30-25(35)19-5-6-19/h1-4,7,12,14,16,19,22H,5-6,8-9,11,13,15H2,(H2,29,34)(H,30,31,35). The van der Waals surface area contributed by atoms with Crippen LogP contribution in [0.25, 0.3) is 11.1 Å². The fraction of sp³-hybridized carbons (Fsp3) is 0.385. The number of carbonyl (C=O) groups excluding carboxylic acids is 2. The number of carbonyl (C=O) groups is 2. The van der Waals surface area contributed by atoms with Crippen molar-refractivity contribution in [2.45, 2.75) is 43.9 Å². The van der Waals surface area contributed by atoms with Crippen LogP contribution in [0, 0.1) is 17.2 Å². The number of hydrogen-bond acceptors (Lipinski definition) is 6. The van der Waals surface area contributed by atoms with Crippen molar-refractivity contribution in [3.05, 3.63) is 60.2 Å². The zero-order chi connectivity index (χ0) is 25.3. The molecule has 10 heteroatoms. The van der Waals surface area contributed by atoms with Gasteiger partial charge in [0.1, 0.15) is 17.3 Å². The summed E-state index contributed by atoms with van der Waals surface area (Å²) >= 11 is 0. The van der Waals surface area contributed by atoms with Crippen molar-refractivity contribution in [2.24, 2.45) is 11.7 Å². The lowest BCUT2D eigenvalue weighted by Gasteiger charge is -2.43. The predicted octanol–water partition coefficient (Wildman–Crippen LogP) is 3.44. The van der Waals surface area contributed by atoms with Crippen molar-refractivity contribution in [1.29, 1.82) is 5.26 Å². The third-order valence-corrected chi connectivity index (χ3v) is 7.09. The topological polar surface area (TPSA) is 130 Å². The van der Waals surface area contributed by atoms with E-state index >= 15 is 4.39 Å². The Morgan fingerprint density at radius 1 is 1.25 bits per heavy atom. The van der Waals surface area contributed by atoms with Crippen molar-refractivity contribution < 1.29 is 18.4 Å². The van der Waals surface area contributed by atoms with E-state index in [9.17, 15) is 14.9 Å². The maximum Gasteiger partial charge on any atom is 0.254 e. The van der Waals surface area contributed by atoms with Gasteiger partial charge in [0.15, 0.2) is 5.82 Å². The first-order valence-electron chi connectivity index (χ1n) is 12.0. The second-order valence-corrected chi connectivity index (χ2v) is 9.56. The number of furan rings is 1. The summed E-state index contributed by atoms with van der Waals surface area (Å²) in [5, 5.41) is 16.5. The van der Waals surface area contributed by atoms with Crippen molar-refractivity contribution >= 4 is 17.6 Å². The molecule has 3 aromatic rings. The number of alkyl halides is 1. The summed E-state index contributed by atoms with van der Waals surface area (Å²) in [4.78, 5) is 26.3. The molecule has 0 bridgehead atoms. The van der Waals surface area contributed by atoms with E-state index in [1.165, 1.54) is 10.9 Å². The first-order valence-corrected chi connectivity index (χ1v) is 12.0. The molecule has 2 amide bonds. The highest BCUT2D eigenvalue weighted by Gasteiger charge is 2.47. The summed E-state index contributed by atoms with van der Waals surface area (Å²) < 4.78 is 22.3. The van der Waals surface area contributed by atoms with Crippen LogP contribution in [0.4, 0.5) is 10.2 Å². The summed E-state index contributed by atoms with van der Waals surface area (Å²) in [6, 6.07) is 12.0. The van der Waals surface area contributed by atoms with E-state index in [0.29, 0.717) is 19.5 Å². The van der Waals surface area contributed by atoms with Crippen molar-refractivity contribution in [2.75, 3.05) is 18.4 Å². The van der Waals surface area contributed by atoms with E-state index < -0.39 is 17.6 Å². The van der Waals surface area contributed by atoms with Crippen LogP contribution < -0.4 is 11.1 Å². The maximum atomic E-state index is 15.9. The summed E-state index contributed by atoms with van der Waals surface area (Å²) in [6.45, 7) is 1.19. The van der Waals surface area contributed by atoms with Gasteiger partial charge in [-0.3, -0.25) is 19.2 Å². The van der Waals surface area contributed by atoms with E-state index in [-0.39, 0.29) is 36.2 Å². The van der Waals surface area contributed by atoms with E-state index in [4.69, 9.17) is 10.2 Å². The number of amides is 2. The molecule has 186 valence electrons. The Hall–Kier alpha value is -3.97. The van der Waals surface area contributed by atoms with Gasteiger partial charge in [-0.2, -0.15) is 10.4 Å². The monoisotopic (exact) mass is 490 g/mol. The fourth-order valence-corrected chi connectivity index (χ4v) is 4.74. The molecule has 1 aromatic carbocycles. The van der Waals surface area contributed by atoms with Crippen LogP contribution in [0.15, 0.2) is 53.5 Å². The van der Waals surface area contributed by atoms with E-state index in [0.717, 1.165) is 29.5 Å². The number of nitrogens with one attached hydrogen (secondary N) is 1. The van der Waals surface area contributed by atoms with Gasteiger partial charge in [-0.1, -0.05) is 24.3 Å². The van der Waals surface area contributed by atoms with E-state index in [1.54, 1.807) is 12.5 Å². The number of nitriles is 1. The molecule has 2 aliphatic rings. The SMILES string of the molecule is N#CCC1(n2cc(C(N)=O)c(NC(=O)C3CC3)n2)CCN(Cc2ccc(-c3ccoc3)cc2)CC1F. The molecule has 2 fully saturated rings. The van der Waals surface area contributed by atoms with Gasteiger partial charge in [-0.25, -0.2) is 4.39 Å². The van der Waals surface area contributed by atoms with Crippen LogP contribution in [-0.2, 0) is 16.9 Å². The highest BCUT2D eigenvalue weighted by Crippen LogP contribution is 2.38. The van der Waals surface area contributed by atoms with Gasteiger partial charge in [-0.15, -0.1) is 0 Å². The zero-order valence-corrected chi connectivity index (χ0v) is 19.7. The van der Waals surface area contributed by atoms with Gasteiger partial charge >= 0.3 is 0 Å². The lowest BCUT2D eigenvalue weighted by atomic mass is 9.83. The Balaban J connectivity index is 1.33. The Bertz CT molecular complexity index is 1290. The Labute approximate surface area is 207 Å². The molecule has 1 saturated carbocycles. The molecule has 3 N–H and O–H groups in total. The number of nitrogens with zero attached hydrogens (tertiary/aromatic N) is 4. The van der Waals surface area contributed by atoms with Crippen molar-refractivity contribution in [3.63, 3.8) is 0 Å². The van der Waals surface area contributed by atoms with Crippen LogP contribution in [0.1, 0.15) is 41.6 Å². The minimum absolute atomic E-state index is 0.00802. The highest BCUT2D eigenvalue weighted by atomic mass is 19.1. The van der Waals surface area contributed by atoms with Crippen LogP contribution >= 0.6 is 0 Å². The minimum Gasteiger partial charge on any atom is -0.472 e. The molecule has 0 spiro atoms. The number of hydrogen-bond donors (Lipinski definition) is 2. The Kier molecular flexibility index (Phi) is 6.33. The van der Waals surface area contributed by atoms with Crippen LogP contribution in [0.3, 0.4) is 0 Å². The average molecular weight is 491 g/mol. The molecule has 2 atom stereocenters. The second kappa shape index (κ2) is 9.59. The van der Waals surface area contributed by atoms with Crippen LogP contribution in [0.2, 0.25) is 0 Å². The lowest BCUT2D eigenvalue weighted by molar-refractivity contribution is -0.117. The molecule has 5 rings (SSSR count). The first kappa shape index (κ1) is 23.8. The molecule has 2 aromatic heterocycles. The summed E-state index contributed by atoms with van der Waals surface area (Å²) in [7, 11) is 0. The molecule has 36 heavy (non-hydrogen) atoms. The number of halogens is 1.